The van der Waals surface area contributed by atoms with Crippen molar-refractivity contribution in [2.45, 2.75) is 57.8 Å². The average Bonchev–Trinajstić information content (AvgIpc) is 3.31. The first-order valence-corrected chi connectivity index (χ1v) is 12.8. The molecule has 1 aromatic carbocycles. The Morgan fingerprint density at radius 3 is 2.53 bits per heavy atom. The van der Waals surface area contributed by atoms with Gasteiger partial charge in [0.25, 0.3) is 5.91 Å². The molecule has 2 bridgehead atoms. The van der Waals surface area contributed by atoms with Gasteiger partial charge in [0, 0.05) is 70.3 Å². The normalized spacial score (nSPS) is 20.9. The number of aromatic nitrogens is 3. The summed E-state index contributed by atoms with van der Waals surface area (Å²) in [5.74, 6) is -0.0202. The Labute approximate surface area is 212 Å². The number of amides is 2. The molecule has 8 nitrogen and oxygen atoms in total. The van der Waals surface area contributed by atoms with Gasteiger partial charge in [-0.25, -0.2) is 0 Å². The highest BCUT2D eigenvalue weighted by molar-refractivity contribution is 5.94. The Morgan fingerprint density at radius 1 is 0.972 bits per heavy atom. The third-order valence-corrected chi connectivity index (χ3v) is 7.55. The highest BCUT2D eigenvalue weighted by atomic mass is 16.2. The van der Waals surface area contributed by atoms with Gasteiger partial charge < -0.3 is 9.80 Å². The molecule has 2 atom stereocenters. The van der Waals surface area contributed by atoms with Crippen molar-refractivity contribution in [3.05, 3.63) is 77.9 Å². The zero-order chi connectivity index (χ0) is 25.1. The van der Waals surface area contributed by atoms with Crippen LogP contribution in [0.5, 0.6) is 0 Å². The third kappa shape index (κ3) is 5.04. The standard InChI is InChI=1S/C28H34N6O2/c1-21(35)33-17-14-24-10-7-11-25(34(24)19-23-9-5-6-15-29-23)20-32(18-22-8-3-4-12-26(22)33)28(36)27-13-16-30-31(27)2/h3-6,8-9,12-13,15-16,24-25H,7,10-11,14,17-20H2,1-2H3. The van der Waals surface area contributed by atoms with Crippen LogP contribution in [0.15, 0.2) is 60.9 Å². The van der Waals surface area contributed by atoms with E-state index in [4.69, 9.17) is 0 Å². The summed E-state index contributed by atoms with van der Waals surface area (Å²) in [4.78, 5) is 37.6. The second kappa shape index (κ2) is 10.6. The number of nitrogens with zero attached hydrogens (tertiary/aromatic N) is 6. The summed E-state index contributed by atoms with van der Waals surface area (Å²) >= 11 is 0. The minimum Gasteiger partial charge on any atom is -0.331 e. The zero-order valence-electron chi connectivity index (χ0n) is 21.1. The number of hydrogen-bond acceptors (Lipinski definition) is 5. The Bertz CT molecular complexity index is 1210. The molecule has 36 heavy (non-hydrogen) atoms. The number of para-hydroxylation sites is 1. The first-order chi connectivity index (χ1) is 17.5. The Kier molecular flexibility index (Phi) is 7.13. The Hall–Kier alpha value is -3.52. The van der Waals surface area contributed by atoms with E-state index in [0.29, 0.717) is 31.4 Å². The number of carbonyl (C=O) groups is 2. The van der Waals surface area contributed by atoms with Crippen LogP contribution in [0.25, 0.3) is 0 Å². The lowest BCUT2D eigenvalue weighted by molar-refractivity contribution is -0.116. The van der Waals surface area contributed by atoms with Crippen LogP contribution in [-0.4, -0.2) is 61.6 Å². The molecule has 2 aliphatic heterocycles. The molecule has 0 aliphatic carbocycles. The van der Waals surface area contributed by atoms with E-state index in [1.165, 1.54) is 0 Å². The summed E-state index contributed by atoms with van der Waals surface area (Å²) in [7, 11) is 1.80. The molecule has 2 aromatic heterocycles. The van der Waals surface area contributed by atoms with E-state index in [1.807, 2.05) is 52.4 Å². The molecular formula is C28H34N6O2. The van der Waals surface area contributed by atoms with Crippen molar-refractivity contribution in [2.24, 2.45) is 7.05 Å². The summed E-state index contributed by atoms with van der Waals surface area (Å²) in [6.45, 7) is 4.06. The average molecular weight is 487 g/mol. The molecule has 1 saturated heterocycles. The van der Waals surface area contributed by atoms with Crippen molar-refractivity contribution >= 4 is 17.5 Å². The smallest absolute Gasteiger partial charge is 0.272 e. The van der Waals surface area contributed by atoms with Crippen LogP contribution in [-0.2, 0) is 24.9 Å². The van der Waals surface area contributed by atoms with Crippen LogP contribution in [0, 0.1) is 0 Å². The Morgan fingerprint density at radius 2 is 1.78 bits per heavy atom. The predicted octanol–water partition coefficient (Wildman–Crippen LogP) is 3.64. The van der Waals surface area contributed by atoms with E-state index >= 15 is 0 Å². The number of rotatable bonds is 3. The third-order valence-electron chi connectivity index (χ3n) is 7.55. The van der Waals surface area contributed by atoms with Crippen LogP contribution >= 0.6 is 0 Å². The van der Waals surface area contributed by atoms with E-state index in [9.17, 15) is 9.59 Å². The summed E-state index contributed by atoms with van der Waals surface area (Å²) in [6.07, 6.45) is 7.59. The number of anilines is 1. The number of pyridine rings is 1. The predicted molar refractivity (Wildman–Crippen MR) is 138 cm³/mol. The lowest BCUT2D eigenvalue weighted by Crippen LogP contribution is -2.52. The fourth-order valence-corrected chi connectivity index (χ4v) is 5.72. The molecule has 4 heterocycles. The second-order valence-electron chi connectivity index (χ2n) is 9.85. The van der Waals surface area contributed by atoms with E-state index in [-0.39, 0.29) is 17.9 Å². The van der Waals surface area contributed by atoms with E-state index < -0.39 is 0 Å². The van der Waals surface area contributed by atoms with Crippen molar-refractivity contribution in [3.8, 4) is 0 Å². The molecule has 1 fully saturated rings. The highest BCUT2D eigenvalue weighted by Gasteiger charge is 2.35. The minimum absolute atomic E-state index is 0.0230. The van der Waals surface area contributed by atoms with Gasteiger partial charge in [0.15, 0.2) is 0 Å². The first kappa shape index (κ1) is 24.2. The maximum atomic E-state index is 13.8. The summed E-state index contributed by atoms with van der Waals surface area (Å²) < 4.78 is 1.64. The number of carbonyl (C=O) groups excluding carboxylic acids is 2. The van der Waals surface area contributed by atoms with Crippen molar-refractivity contribution in [3.63, 3.8) is 0 Å². The second-order valence-corrected chi connectivity index (χ2v) is 9.85. The SMILES string of the molecule is CC(=O)N1CCC2CCCC(CN(C(=O)c3ccnn3C)Cc3ccccc31)N2Cc1ccccn1. The van der Waals surface area contributed by atoms with E-state index in [2.05, 4.69) is 21.0 Å². The molecule has 188 valence electrons. The first-order valence-electron chi connectivity index (χ1n) is 12.8. The van der Waals surface area contributed by atoms with Crippen LogP contribution in [0.1, 0.15) is 54.4 Å². The Balaban J connectivity index is 1.56. The fraction of sp³-hybridized carbons (Fsp3) is 0.429. The molecule has 2 aliphatic rings. The number of hydrogen-bond donors (Lipinski definition) is 0. The molecule has 2 amide bonds. The van der Waals surface area contributed by atoms with Gasteiger partial charge in [0.2, 0.25) is 5.91 Å². The van der Waals surface area contributed by atoms with Gasteiger partial charge in [0.1, 0.15) is 5.69 Å². The molecule has 3 aromatic rings. The quantitative estimate of drug-likeness (QED) is 0.565. The van der Waals surface area contributed by atoms with Gasteiger partial charge in [-0.15, -0.1) is 0 Å². The van der Waals surface area contributed by atoms with Gasteiger partial charge in [-0.1, -0.05) is 30.7 Å². The minimum atomic E-state index is -0.0432. The largest absolute Gasteiger partial charge is 0.331 e. The molecule has 0 N–H and O–H groups in total. The van der Waals surface area contributed by atoms with Crippen molar-refractivity contribution in [1.29, 1.82) is 0 Å². The van der Waals surface area contributed by atoms with E-state index in [1.54, 1.807) is 30.9 Å². The van der Waals surface area contributed by atoms with E-state index in [0.717, 1.165) is 49.2 Å². The van der Waals surface area contributed by atoms with Gasteiger partial charge in [-0.3, -0.25) is 24.2 Å². The molecule has 0 spiro atoms. The van der Waals surface area contributed by atoms with Crippen molar-refractivity contribution in [2.75, 3.05) is 18.0 Å². The molecular weight excluding hydrogens is 452 g/mol. The summed E-state index contributed by atoms with van der Waals surface area (Å²) in [5.41, 5.74) is 3.46. The maximum absolute atomic E-state index is 13.8. The van der Waals surface area contributed by atoms with Gasteiger partial charge in [-0.2, -0.15) is 5.10 Å². The lowest BCUT2D eigenvalue weighted by Gasteiger charge is -2.44. The van der Waals surface area contributed by atoms with Gasteiger partial charge in [-0.05, 0) is 49.1 Å². The molecule has 0 saturated carbocycles. The zero-order valence-corrected chi connectivity index (χ0v) is 21.1. The highest BCUT2D eigenvalue weighted by Crippen LogP contribution is 2.31. The van der Waals surface area contributed by atoms with Gasteiger partial charge >= 0.3 is 0 Å². The topological polar surface area (TPSA) is 74.6 Å². The van der Waals surface area contributed by atoms with Crippen molar-refractivity contribution in [1.82, 2.24) is 24.6 Å². The number of benzene rings is 1. The maximum Gasteiger partial charge on any atom is 0.272 e. The molecule has 8 heteroatoms. The number of piperidine rings is 1. The molecule has 0 radical (unpaired) electrons. The summed E-state index contributed by atoms with van der Waals surface area (Å²) in [6, 6.07) is 16.3. The number of fused-ring (bicyclic) bond motifs is 3. The monoisotopic (exact) mass is 486 g/mol. The lowest BCUT2D eigenvalue weighted by atomic mass is 9.92. The fourth-order valence-electron chi connectivity index (χ4n) is 5.72. The number of aryl methyl sites for hydroxylation is 1. The van der Waals surface area contributed by atoms with Crippen molar-refractivity contribution < 1.29 is 9.59 Å². The van der Waals surface area contributed by atoms with Crippen LogP contribution in [0.2, 0.25) is 0 Å². The van der Waals surface area contributed by atoms with Crippen LogP contribution in [0.3, 0.4) is 0 Å². The van der Waals surface area contributed by atoms with Gasteiger partial charge in [0.05, 0.1) is 5.69 Å². The summed E-state index contributed by atoms with van der Waals surface area (Å²) in [5, 5.41) is 4.23. The van der Waals surface area contributed by atoms with Crippen LogP contribution in [0.4, 0.5) is 5.69 Å². The molecule has 5 rings (SSSR count). The molecule has 2 unspecified atom stereocenters. The van der Waals surface area contributed by atoms with Crippen LogP contribution < -0.4 is 4.90 Å².